The zero-order valence-corrected chi connectivity index (χ0v) is 19.4. The van der Waals surface area contributed by atoms with Crippen LogP contribution in [-0.2, 0) is 13.0 Å². The van der Waals surface area contributed by atoms with Gasteiger partial charge in [-0.05, 0) is 43.9 Å². The minimum Gasteiger partial charge on any atom is -0.488 e. The Morgan fingerprint density at radius 1 is 1.00 bits per heavy atom. The van der Waals surface area contributed by atoms with Crippen LogP contribution in [-0.4, -0.2) is 35.1 Å². The first kappa shape index (κ1) is 23.3. The molecule has 3 aromatic rings. The second-order valence-electron chi connectivity index (χ2n) is 8.80. The van der Waals surface area contributed by atoms with E-state index in [1.165, 1.54) is 12.4 Å². The third kappa shape index (κ3) is 5.54. The van der Waals surface area contributed by atoms with Gasteiger partial charge < -0.3 is 19.9 Å². The van der Waals surface area contributed by atoms with Crippen LogP contribution in [0.1, 0.15) is 52.1 Å². The third-order valence-corrected chi connectivity index (χ3v) is 5.69. The monoisotopic (exact) mass is 459 g/mol. The van der Waals surface area contributed by atoms with Crippen LogP contribution in [0.2, 0.25) is 0 Å². The lowest BCUT2D eigenvalue weighted by molar-refractivity contribution is 0.0916. The molecular weight excluding hydrogens is 430 g/mol. The number of rotatable bonds is 7. The Hall–Kier alpha value is -3.87. The molecular formula is C27H29N3O4. The van der Waals surface area contributed by atoms with E-state index in [4.69, 9.17) is 4.74 Å². The zero-order chi connectivity index (χ0) is 24.1. The van der Waals surface area contributed by atoms with Crippen LogP contribution in [0, 0.1) is 0 Å². The van der Waals surface area contributed by atoms with Gasteiger partial charge in [0, 0.05) is 25.0 Å². The summed E-state index contributed by atoms with van der Waals surface area (Å²) in [6.07, 6.45) is 4.47. The van der Waals surface area contributed by atoms with Gasteiger partial charge in [-0.3, -0.25) is 14.4 Å². The number of aryl methyl sites for hydroxylation is 1. The molecule has 0 radical (unpaired) electrons. The van der Waals surface area contributed by atoms with Crippen molar-refractivity contribution in [2.75, 3.05) is 6.54 Å². The molecule has 0 fully saturated rings. The summed E-state index contributed by atoms with van der Waals surface area (Å²) in [6.45, 7) is 4.33. The SMILES string of the molecule is CC(C)NC(=O)c1cn(Cc2ccccc2)cc(C(=O)NC[C@H]2CCc3ccccc3O2)c1=O. The molecule has 34 heavy (non-hydrogen) atoms. The van der Waals surface area contributed by atoms with Gasteiger partial charge in [0.1, 0.15) is 23.0 Å². The summed E-state index contributed by atoms with van der Waals surface area (Å²) in [6, 6.07) is 17.4. The van der Waals surface area contributed by atoms with Gasteiger partial charge in [0.2, 0.25) is 5.43 Å². The standard InChI is InChI=1S/C27H29N3O4/c1-18(2)29-27(33)23-17-30(15-19-8-4-3-5-9-19)16-22(25(23)31)26(32)28-14-21-13-12-20-10-6-7-11-24(20)34-21/h3-11,16-18,21H,12-15H2,1-2H3,(H,28,32)(H,29,33)/t21-/m1/s1. The van der Waals surface area contributed by atoms with Gasteiger partial charge in [-0.2, -0.15) is 0 Å². The lowest BCUT2D eigenvalue weighted by Gasteiger charge is -2.26. The fourth-order valence-electron chi connectivity index (χ4n) is 4.01. The van der Waals surface area contributed by atoms with Crippen LogP contribution in [0.15, 0.2) is 71.8 Å². The van der Waals surface area contributed by atoms with E-state index in [1.807, 2.05) is 68.4 Å². The van der Waals surface area contributed by atoms with Crippen molar-refractivity contribution in [1.29, 1.82) is 0 Å². The van der Waals surface area contributed by atoms with Crippen molar-refractivity contribution in [3.8, 4) is 5.75 Å². The normalized spacial score (nSPS) is 14.7. The van der Waals surface area contributed by atoms with Crippen LogP contribution >= 0.6 is 0 Å². The number of aromatic nitrogens is 1. The molecule has 0 saturated carbocycles. The number of ether oxygens (including phenoxy) is 1. The van der Waals surface area contributed by atoms with Crippen molar-refractivity contribution in [3.63, 3.8) is 0 Å². The Labute approximate surface area is 198 Å². The summed E-state index contributed by atoms with van der Waals surface area (Å²) in [5.41, 5.74) is 1.43. The van der Waals surface area contributed by atoms with E-state index in [0.717, 1.165) is 29.7 Å². The molecule has 0 spiro atoms. The molecule has 0 aliphatic carbocycles. The number of hydrogen-bond acceptors (Lipinski definition) is 4. The first-order valence-corrected chi connectivity index (χ1v) is 11.5. The smallest absolute Gasteiger partial charge is 0.256 e. The number of fused-ring (bicyclic) bond motifs is 1. The highest BCUT2D eigenvalue weighted by atomic mass is 16.5. The van der Waals surface area contributed by atoms with Gasteiger partial charge in [-0.25, -0.2) is 0 Å². The average Bonchev–Trinajstić information content (AvgIpc) is 2.83. The molecule has 2 N–H and O–H groups in total. The number of pyridine rings is 1. The summed E-state index contributed by atoms with van der Waals surface area (Å²) < 4.78 is 7.70. The molecule has 2 aromatic carbocycles. The van der Waals surface area contributed by atoms with Gasteiger partial charge >= 0.3 is 0 Å². The van der Waals surface area contributed by atoms with Crippen LogP contribution in [0.3, 0.4) is 0 Å². The van der Waals surface area contributed by atoms with Gasteiger partial charge in [0.25, 0.3) is 11.8 Å². The predicted octanol–water partition coefficient (Wildman–Crippen LogP) is 3.16. The molecule has 0 bridgehead atoms. The van der Waals surface area contributed by atoms with Gasteiger partial charge in [0.15, 0.2) is 0 Å². The lowest BCUT2D eigenvalue weighted by Crippen LogP contribution is -2.41. The highest BCUT2D eigenvalue weighted by Crippen LogP contribution is 2.26. The minimum atomic E-state index is -0.588. The first-order chi connectivity index (χ1) is 16.4. The Bertz CT molecular complexity index is 1230. The van der Waals surface area contributed by atoms with E-state index in [9.17, 15) is 14.4 Å². The molecule has 2 amide bonds. The van der Waals surface area contributed by atoms with Crippen LogP contribution in [0.5, 0.6) is 5.75 Å². The van der Waals surface area contributed by atoms with Gasteiger partial charge in [-0.1, -0.05) is 48.5 Å². The van der Waals surface area contributed by atoms with E-state index in [2.05, 4.69) is 10.6 Å². The van der Waals surface area contributed by atoms with Crippen LogP contribution < -0.4 is 20.8 Å². The summed E-state index contributed by atoms with van der Waals surface area (Å²) in [5, 5.41) is 5.58. The first-order valence-electron chi connectivity index (χ1n) is 11.5. The topological polar surface area (TPSA) is 89.4 Å². The van der Waals surface area contributed by atoms with Gasteiger partial charge in [-0.15, -0.1) is 0 Å². The van der Waals surface area contributed by atoms with Crippen molar-refractivity contribution >= 4 is 11.8 Å². The van der Waals surface area contributed by atoms with E-state index in [1.54, 1.807) is 4.57 Å². The highest BCUT2D eigenvalue weighted by molar-refractivity contribution is 5.99. The molecule has 176 valence electrons. The Kier molecular flexibility index (Phi) is 7.11. The van der Waals surface area contributed by atoms with Gasteiger partial charge in [0.05, 0.1) is 6.54 Å². The summed E-state index contributed by atoms with van der Waals surface area (Å²) in [5.74, 6) is -0.192. The maximum atomic E-state index is 13.1. The number of carbonyl (C=O) groups is 2. The van der Waals surface area contributed by atoms with Crippen LogP contribution in [0.4, 0.5) is 0 Å². The number of amides is 2. The Morgan fingerprint density at radius 2 is 1.68 bits per heavy atom. The second-order valence-corrected chi connectivity index (χ2v) is 8.80. The molecule has 1 aromatic heterocycles. The van der Waals surface area contributed by atoms with Crippen LogP contribution in [0.25, 0.3) is 0 Å². The van der Waals surface area contributed by atoms with E-state index in [-0.39, 0.29) is 29.8 Å². The summed E-state index contributed by atoms with van der Waals surface area (Å²) in [7, 11) is 0. The molecule has 1 aliphatic heterocycles. The second kappa shape index (κ2) is 10.4. The largest absolute Gasteiger partial charge is 0.488 e. The van der Waals surface area contributed by atoms with Crippen molar-refractivity contribution in [2.24, 2.45) is 0 Å². The molecule has 1 aliphatic rings. The van der Waals surface area contributed by atoms with Crippen molar-refractivity contribution in [2.45, 2.75) is 45.4 Å². The van der Waals surface area contributed by atoms with Crippen molar-refractivity contribution < 1.29 is 14.3 Å². The maximum absolute atomic E-state index is 13.1. The minimum absolute atomic E-state index is 0.0554. The lowest BCUT2D eigenvalue weighted by atomic mass is 10.0. The highest BCUT2D eigenvalue weighted by Gasteiger charge is 2.23. The van der Waals surface area contributed by atoms with Crippen molar-refractivity contribution in [1.82, 2.24) is 15.2 Å². The molecule has 0 unspecified atom stereocenters. The summed E-state index contributed by atoms with van der Waals surface area (Å²) >= 11 is 0. The van der Waals surface area contributed by atoms with E-state index >= 15 is 0 Å². The quantitative estimate of drug-likeness (QED) is 0.568. The van der Waals surface area contributed by atoms with E-state index in [0.29, 0.717) is 6.54 Å². The number of nitrogens with zero attached hydrogens (tertiary/aromatic N) is 1. The number of hydrogen-bond donors (Lipinski definition) is 2. The molecule has 4 rings (SSSR count). The third-order valence-electron chi connectivity index (χ3n) is 5.69. The van der Waals surface area contributed by atoms with E-state index < -0.39 is 17.2 Å². The number of benzene rings is 2. The number of para-hydroxylation sites is 1. The number of carbonyl (C=O) groups excluding carboxylic acids is 2. The Morgan fingerprint density at radius 3 is 2.41 bits per heavy atom. The zero-order valence-electron chi connectivity index (χ0n) is 19.4. The fraction of sp³-hybridized carbons (Fsp3) is 0.296. The fourth-order valence-corrected chi connectivity index (χ4v) is 4.01. The molecule has 0 saturated heterocycles. The molecule has 2 heterocycles. The number of nitrogens with one attached hydrogen (secondary N) is 2. The predicted molar refractivity (Wildman–Crippen MR) is 130 cm³/mol. The maximum Gasteiger partial charge on any atom is 0.256 e. The molecule has 7 nitrogen and oxygen atoms in total. The summed E-state index contributed by atoms with van der Waals surface area (Å²) in [4.78, 5) is 38.8. The Balaban J connectivity index is 1.55. The van der Waals surface area contributed by atoms with Crippen molar-refractivity contribution in [3.05, 3.63) is 99.5 Å². The molecule has 7 heteroatoms. The average molecular weight is 460 g/mol. The molecule has 1 atom stereocenters.